The lowest BCUT2D eigenvalue weighted by atomic mass is 10.2. The Morgan fingerprint density at radius 2 is 1.56 bits per heavy atom. The highest BCUT2D eigenvalue weighted by molar-refractivity contribution is 8.00. The normalized spacial score (nSPS) is 12.7. The summed E-state index contributed by atoms with van der Waals surface area (Å²) in [5.41, 5.74) is 3.98. The minimum atomic E-state index is 0.0623. The molecule has 2 N–H and O–H groups in total. The molecule has 0 radical (unpaired) electrons. The Labute approximate surface area is 165 Å². The van der Waals surface area contributed by atoms with Crippen LogP contribution in [0.2, 0.25) is 0 Å². The lowest BCUT2D eigenvalue weighted by Gasteiger charge is -2.30. The van der Waals surface area contributed by atoms with Crippen molar-refractivity contribution < 1.29 is 9.78 Å². The average molecular weight is 391 g/mol. The second-order valence-corrected chi connectivity index (χ2v) is 8.25. The second kappa shape index (κ2) is 6.79. The molecule has 0 unspecified atom stereocenters. The second-order valence-electron chi connectivity index (χ2n) is 6.18. The van der Waals surface area contributed by atoms with Gasteiger partial charge in [0.15, 0.2) is 11.0 Å². The Morgan fingerprint density at radius 3 is 2.26 bits per heavy atom. The van der Waals surface area contributed by atoms with E-state index in [0.717, 1.165) is 37.4 Å². The maximum absolute atomic E-state index is 13.2. The summed E-state index contributed by atoms with van der Waals surface area (Å²) in [4.78, 5) is 23.9. The van der Waals surface area contributed by atoms with Crippen molar-refractivity contribution in [3.63, 3.8) is 0 Å². The fourth-order valence-electron chi connectivity index (χ4n) is 3.22. The number of aromatic amines is 2. The van der Waals surface area contributed by atoms with Gasteiger partial charge in [-0.05, 0) is 48.2 Å². The van der Waals surface area contributed by atoms with Crippen LogP contribution < -0.4 is 9.88 Å². The van der Waals surface area contributed by atoms with Crippen molar-refractivity contribution in [2.45, 2.75) is 14.9 Å². The van der Waals surface area contributed by atoms with Crippen LogP contribution >= 0.6 is 23.5 Å². The van der Waals surface area contributed by atoms with Crippen LogP contribution in [0.25, 0.3) is 11.0 Å². The predicted octanol–water partition coefficient (Wildman–Crippen LogP) is 4.90. The van der Waals surface area contributed by atoms with E-state index in [0.29, 0.717) is 5.75 Å². The third-order valence-electron chi connectivity index (χ3n) is 4.45. The number of fused-ring (bicyclic) bond motifs is 3. The Balaban J connectivity index is 1.44. The summed E-state index contributed by atoms with van der Waals surface area (Å²) in [5.74, 6) is 0.406. The van der Waals surface area contributed by atoms with Gasteiger partial charge in [0.25, 0.3) is 0 Å². The molecule has 4 aromatic rings. The Kier molecular flexibility index (Phi) is 4.14. The molecule has 0 aliphatic carbocycles. The van der Waals surface area contributed by atoms with Crippen LogP contribution in [0.3, 0.4) is 0 Å². The van der Waals surface area contributed by atoms with Gasteiger partial charge in [0.1, 0.15) is 0 Å². The minimum absolute atomic E-state index is 0.0623. The van der Waals surface area contributed by atoms with E-state index in [1.165, 1.54) is 11.8 Å². The number of rotatable bonds is 3. The van der Waals surface area contributed by atoms with Crippen LogP contribution in [-0.4, -0.2) is 16.6 Å². The van der Waals surface area contributed by atoms with Crippen LogP contribution in [0, 0.1) is 0 Å². The molecular weight excluding hydrogens is 374 g/mol. The summed E-state index contributed by atoms with van der Waals surface area (Å²) in [5, 5.41) is 0.887. The number of nitrogens with zero attached hydrogens (tertiary/aromatic N) is 1. The monoisotopic (exact) mass is 390 g/mol. The molecule has 0 saturated heterocycles. The van der Waals surface area contributed by atoms with Crippen LogP contribution in [0.1, 0.15) is 0 Å². The lowest BCUT2D eigenvalue weighted by Crippen LogP contribution is -2.30. The first-order valence-electron chi connectivity index (χ1n) is 8.61. The topological polar surface area (TPSA) is 50.2 Å². The third-order valence-corrected chi connectivity index (χ3v) is 6.46. The van der Waals surface area contributed by atoms with E-state index in [1.54, 1.807) is 11.8 Å². The van der Waals surface area contributed by atoms with Gasteiger partial charge in [-0.25, -0.2) is 9.97 Å². The van der Waals surface area contributed by atoms with Crippen molar-refractivity contribution in [2.24, 2.45) is 0 Å². The minimum Gasteiger partial charge on any atom is -0.278 e. The van der Waals surface area contributed by atoms with Crippen molar-refractivity contribution in [1.82, 2.24) is 4.98 Å². The number of anilines is 2. The zero-order valence-electron chi connectivity index (χ0n) is 14.3. The number of benzene rings is 3. The molecule has 4 nitrogen and oxygen atoms in total. The lowest BCUT2D eigenvalue weighted by molar-refractivity contribution is -0.396. The maximum Gasteiger partial charge on any atom is 0.315 e. The van der Waals surface area contributed by atoms with E-state index in [4.69, 9.17) is 0 Å². The smallest absolute Gasteiger partial charge is 0.278 e. The molecule has 1 aromatic heterocycles. The molecule has 1 amide bonds. The van der Waals surface area contributed by atoms with Gasteiger partial charge in [-0.3, -0.25) is 9.69 Å². The number of para-hydroxylation sites is 4. The van der Waals surface area contributed by atoms with E-state index in [9.17, 15) is 4.79 Å². The zero-order valence-corrected chi connectivity index (χ0v) is 15.9. The largest absolute Gasteiger partial charge is 0.315 e. The molecule has 132 valence electrons. The maximum atomic E-state index is 13.2. The first-order valence-corrected chi connectivity index (χ1v) is 10.4. The molecule has 0 spiro atoms. The molecule has 27 heavy (non-hydrogen) atoms. The molecule has 0 atom stereocenters. The molecular formula is C21H16N3OS2+. The van der Waals surface area contributed by atoms with Crippen molar-refractivity contribution in [1.29, 1.82) is 0 Å². The summed E-state index contributed by atoms with van der Waals surface area (Å²) in [6, 6.07) is 24.1. The van der Waals surface area contributed by atoms with Crippen molar-refractivity contribution >= 4 is 51.8 Å². The van der Waals surface area contributed by atoms with Crippen LogP contribution in [0.5, 0.6) is 0 Å². The quantitative estimate of drug-likeness (QED) is 0.506. The van der Waals surface area contributed by atoms with Crippen molar-refractivity contribution in [2.75, 3.05) is 10.7 Å². The fourth-order valence-corrected chi connectivity index (χ4v) is 5.04. The van der Waals surface area contributed by atoms with Gasteiger partial charge in [-0.1, -0.05) is 48.2 Å². The van der Waals surface area contributed by atoms with Gasteiger partial charge in [0, 0.05) is 9.79 Å². The first-order chi connectivity index (χ1) is 13.3. The number of carbonyl (C=O) groups excluding carboxylic acids is 1. The number of aromatic nitrogens is 2. The van der Waals surface area contributed by atoms with Gasteiger partial charge in [-0.2, -0.15) is 0 Å². The molecule has 1 aliphatic heterocycles. The predicted molar refractivity (Wildman–Crippen MR) is 110 cm³/mol. The number of hydrogen-bond donors (Lipinski definition) is 1. The zero-order chi connectivity index (χ0) is 18.2. The highest BCUT2D eigenvalue weighted by Crippen LogP contribution is 2.48. The van der Waals surface area contributed by atoms with E-state index >= 15 is 0 Å². The van der Waals surface area contributed by atoms with Crippen molar-refractivity contribution in [3.8, 4) is 0 Å². The number of carbonyl (C=O) groups is 1. The Hall–Kier alpha value is -2.70. The fraction of sp³-hybridized carbons (Fsp3) is 0.0476. The molecule has 0 saturated carbocycles. The van der Waals surface area contributed by atoms with E-state index in [-0.39, 0.29) is 5.91 Å². The molecule has 1 aliphatic rings. The Morgan fingerprint density at radius 1 is 0.926 bits per heavy atom. The highest BCUT2D eigenvalue weighted by atomic mass is 32.2. The number of nitrogens with one attached hydrogen (secondary N) is 2. The van der Waals surface area contributed by atoms with Gasteiger partial charge in [0.2, 0.25) is 5.91 Å². The van der Waals surface area contributed by atoms with Gasteiger partial charge in [-0.15, -0.1) is 0 Å². The molecule has 5 rings (SSSR count). The van der Waals surface area contributed by atoms with Gasteiger partial charge in [0.05, 0.1) is 17.1 Å². The van der Waals surface area contributed by atoms with Gasteiger partial charge < -0.3 is 0 Å². The molecule has 0 fully saturated rings. The van der Waals surface area contributed by atoms with Crippen molar-refractivity contribution in [3.05, 3.63) is 72.8 Å². The summed E-state index contributed by atoms with van der Waals surface area (Å²) in [7, 11) is 0. The molecule has 2 heterocycles. The van der Waals surface area contributed by atoms with Gasteiger partial charge >= 0.3 is 5.16 Å². The van der Waals surface area contributed by atoms with Crippen LogP contribution in [0.4, 0.5) is 11.4 Å². The number of thioether (sulfide) groups is 1. The third kappa shape index (κ3) is 3.01. The summed E-state index contributed by atoms with van der Waals surface area (Å²) < 4.78 is 0. The first kappa shape index (κ1) is 16.5. The van der Waals surface area contributed by atoms with E-state index < -0.39 is 0 Å². The standard InChI is InChI=1S/C21H15N3OS2/c25-20(13-26-21-22-14-7-1-2-8-15(14)23-21)24-16-9-3-5-11-18(16)27-19-12-6-4-10-17(19)24/h1-12H,13H2,(H,22,23)/p+1. The number of hydrogen-bond acceptors (Lipinski definition) is 3. The summed E-state index contributed by atoms with van der Waals surface area (Å²) in [6.07, 6.45) is 0. The summed E-state index contributed by atoms with van der Waals surface area (Å²) >= 11 is 3.20. The molecule has 0 bridgehead atoms. The molecule has 6 heteroatoms. The van der Waals surface area contributed by atoms with Crippen LogP contribution in [0.15, 0.2) is 87.7 Å². The SMILES string of the molecule is O=C(CSc1[nH]c2ccccc2[nH+]1)N1c2ccccc2Sc2ccccc21. The highest BCUT2D eigenvalue weighted by Gasteiger charge is 2.28. The average Bonchev–Trinajstić information content (AvgIpc) is 3.13. The number of imidazole rings is 1. The number of amides is 1. The molecule has 3 aromatic carbocycles. The number of H-pyrrole nitrogens is 2. The Bertz CT molecular complexity index is 1080. The van der Waals surface area contributed by atoms with E-state index in [1.807, 2.05) is 65.6 Å². The summed E-state index contributed by atoms with van der Waals surface area (Å²) in [6.45, 7) is 0. The van der Waals surface area contributed by atoms with E-state index in [2.05, 4.69) is 22.1 Å². The van der Waals surface area contributed by atoms with Crippen LogP contribution in [-0.2, 0) is 4.79 Å².